The Morgan fingerprint density at radius 2 is 2.39 bits per heavy atom. The van der Waals surface area contributed by atoms with E-state index in [9.17, 15) is 0 Å². The summed E-state index contributed by atoms with van der Waals surface area (Å²) in [5.74, 6) is 1.76. The summed E-state index contributed by atoms with van der Waals surface area (Å²) in [6.45, 7) is 2.68. The molecule has 1 heterocycles. The minimum absolute atomic E-state index is 0.533. The SMILES string of the molecule is CCOc1cccnc1NC1CCCC(SC)C1. The van der Waals surface area contributed by atoms with Gasteiger partial charge >= 0.3 is 0 Å². The topological polar surface area (TPSA) is 34.1 Å². The molecule has 0 bridgehead atoms. The molecule has 1 aliphatic carbocycles. The zero-order chi connectivity index (χ0) is 12.8. The van der Waals surface area contributed by atoms with E-state index in [2.05, 4.69) is 16.6 Å². The van der Waals surface area contributed by atoms with Crippen LogP contribution in [0.5, 0.6) is 5.75 Å². The van der Waals surface area contributed by atoms with Crippen molar-refractivity contribution in [1.82, 2.24) is 4.98 Å². The smallest absolute Gasteiger partial charge is 0.168 e. The Hall–Kier alpha value is -0.900. The van der Waals surface area contributed by atoms with Gasteiger partial charge in [0, 0.05) is 17.5 Å². The van der Waals surface area contributed by atoms with Crippen LogP contribution in [-0.4, -0.2) is 29.1 Å². The first-order chi connectivity index (χ1) is 8.83. The standard InChI is InChI=1S/C14H22N2OS/c1-3-17-13-8-5-9-15-14(13)16-11-6-4-7-12(10-11)18-2/h5,8-9,11-12H,3-4,6-7,10H2,1-2H3,(H,15,16). The quantitative estimate of drug-likeness (QED) is 0.883. The van der Waals surface area contributed by atoms with Crippen LogP contribution in [0.4, 0.5) is 5.82 Å². The third-order valence-corrected chi connectivity index (χ3v) is 4.47. The van der Waals surface area contributed by atoms with Gasteiger partial charge < -0.3 is 10.1 Å². The number of hydrogen-bond acceptors (Lipinski definition) is 4. The van der Waals surface area contributed by atoms with Crippen molar-refractivity contribution in [3.63, 3.8) is 0 Å². The first-order valence-electron chi connectivity index (χ1n) is 6.70. The van der Waals surface area contributed by atoms with E-state index in [1.54, 1.807) is 0 Å². The molecule has 100 valence electrons. The first kappa shape index (κ1) is 13.5. The van der Waals surface area contributed by atoms with Crippen LogP contribution in [-0.2, 0) is 0 Å². The lowest BCUT2D eigenvalue weighted by Gasteiger charge is -2.29. The number of pyridine rings is 1. The number of aromatic nitrogens is 1. The second kappa shape index (κ2) is 6.88. The van der Waals surface area contributed by atoms with Crippen molar-refractivity contribution >= 4 is 17.6 Å². The molecule has 1 fully saturated rings. The summed E-state index contributed by atoms with van der Waals surface area (Å²) in [7, 11) is 0. The van der Waals surface area contributed by atoms with Gasteiger partial charge in [-0.15, -0.1) is 0 Å². The predicted molar refractivity (Wildman–Crippen MR) is 78.6 cm³/mol. The largest absolute Gasteiger partial charge is 0.490 e. The van der Waals surface area contributed by atoms with Crippen molar-refractivity contribution in [2.45, 2.75) is 43.9 Å². The molecule has 1 aromatic rings. The predicted octanol–water partition coefficient (Wildman–Crippen LogP) is 3.57. The van der Waals surface area contributed by atoms with Gasteiger partial charge in [0.15, 0.2) is 11.6 Å². The van der Waals surface area contributed by atoms with Crippen molar-refractivity contribution in [1.29, 1.82) is 0 Å². The van der Waals surface area contributed by atoms with E-state index < -0.39 is 0 Å². The van der Waals surface area contributed by atoms with Gasteiger partial charge in [-0.2, -0.15) is 11.8 Å². The van der Waals surface area contributed by atoms with Gasteiger partial charge in [-0.3, -0.25) is 0 Å². The molecule has 2 unspecified atom stereocenters. The molecular formula is C14H22N2OS. The zero-order valence-electron chi connectivity index (χ0n) is 11.2. The molecule has 0 radical (unpaired) electrons. The Balaban J connectivity index is 1.99. The van der Waals surface area contributed by atoms with Crippen molar-refractivity contribution in [2.24, 2.45) is 0 Å². The lowest BCUT2D eigenvalue weighted by atomic mass is 9.95. The number of hydrogen-bond donors (Lipinski definition) is 1. The highest BCUT2D eigenvalue weighted by Crippen LogP contribution is 2.30. The van der Waals surface area contributed by atoms with Crippen LogP contribution in [0.15, 0.2) is 18.3 Å². The van der Waals surface area contributed by atoms with Crippen LogP contribution >= 0.6 is 11.8 Å². The summed E-state index contributed by atoms with van der Waals surface area (Å²) >= 11 is 1.98. The Kier molecular flexibility index (Phi) is 5.17. The monoisotopic (exact) mass is 266 g/mol. The average molecular weight is 266 g/mol. The van der Waals surface area contributed by atoms with Gasteiger partial charge in [0.25, 0.3) is 0 Å². The van der Waals surface area contributed by atoms with Crippen molar-refractivity contribution < 1.29 is 4.74 Å². The van der Waals surface area contributed by atoms with E-state index in [0.29, 0.717) is 12.6 Å². The first-order valence-corrected chi connectivity index (χ1v) is 7.99. The molecule has 1 saturated carbocycles. The maximum atomic E-state index is 5.60. The van der Waals surface area contributed by atoms with Crippen LogP contribution in [0, 0.1) is 0 Å². The molecule has 0 saturated heterocycles. The van der Waals surface area contributed by atoms with Crippen LogP contribution < -0.4 is 10.1 Å². The van der Waals surface area contributed by atoms with E-state index in [-0.39, 0.29) is 0 Å². The highest BCUT2D eigenvalue weighted by molar-refractivity contribution is 7.99. The summed E-state index contributed by atoms with van der Waals surface area (Å²) < 4.78 is 5.60. The average Bonchev–Trinajstić information content (AvgIpc) is 2.41. The lowest BCUT2D eigenvalue weighted by Crippen LogP contribution is -2.29. The number of thioether (sulfide) groups is 1. The maximum absolute atomic E-state index is 5.60. The Bertz CT molecular complexity index is 373. The van der Waals surface area contributed by atoms with Crippen molar-refractivity contribution in [3.8, 4) is 5.75 Å². The van der Waals surface area contributed by atoms with E-state index in [1.165, 1.54) is 25.7 Å². The summed E-state index contributed by atoms with van der Waals surface area (Å²) in [5, 5.41) is 4.34. The highest BCUT2D eigenvalue weighted by atomic mass is 32.2. The van der Waals surface area contributed by atoms with Gasteiger partial charge in [-0.25, -0.2) is 4.98 Å². The second-order valence-electron chi connectivity index (χ2n) is 4.65. The minimum Gasteiger partial charge on any atom is -0.490 e. The number of nitrogens with one attached hydrogen (secondary N) is 1. The molecule has 18 heavy (non-hydrogen) atoms. The molecular weight excluding hydrogens is 244 g/mol. The lowest BCUT2D eigenvalue weighted by molar-refractivity contribution is 0.339. The number of anilines is 1. The fourth-order valence-electron chi connectivity index (χ4n) is 2.45. The van der Waals surface area contributed by atoms with E-state index in [4.69, 9.17) is 4.74 Å². The van der Waals surface area contributed by atoms with E-state index >= 15 is 0 Å². The number of rotatable bonds is 5. The summed E-state index contributed by atoms with van der Waals surface area (Å²) in [5.41, 5.74) is 0. The van der Waals surface area contributed by atoms with E-state index in [1.807, 2.05) is 37.0 Å². The van der Waals surface area contributed by atoms with Crippen LogP contribution in [0.2, 0.25) is 0 Å². The molecule has 4 heteroatoms. The maximum Gasteiger partial charge on any atom is 0.168 e. The van der Waals surface area contributed by atoms with Gasteiger partial charge in [0.2, 0.25) is 0 Å². The summed E-state index contributed by atoms with van der Waals surface area (Å²) in [4.78, 5) is 4.40. The minimum atomic E-state index is 0.533. The molecule has 2 atom stereocenters. The second-order valence-corrected chi connectivity index (χ2v) is 5.79. The zero-order valence-corrected chi connectivity index (χ0v) is 12.0. The van der Waals surface area contributed by atoms with E-state index in [0.717, 1.165) is 16.8 Å². The highest BCUT2D eigenvalue weighted by Gasteiger charge is 2.22. The fourth-order valence-corrected chi connectivity index (χ4v) is 3.28. The summed E-state index contributed by atoms with van der Waals surface area (Å²) in [6.07, 6.45) is 9.14. The van der Waals surface area contributed by atoms with Crippen LogP contribution in [0.25, 0.3) is 0 Å². The van der Waals surface area contributed by atoms with Gasteiger partial charge in [0.1, 0.15) is 0 Å². The van der Waals surface area contributed by atoms with Gasteiger partial charge in [-0.05, 0) is 44.6 Å². The van der Waals surface area contributed by atoms with Crippen LogP contribution in [0.1, 0.15) is 32.6 Å². The molecule has 0 amide bonds. The van der Waals surface area contributed by atoms with Gasteiger partial charge in [-0.1, -0.05) is 6.42 Å². The third-order valence-electron chi connectivity index (χ3n) is 3.37. The normalized spacial score (nSPS) is 23.7. The van der Waals surface area contributed by atoms with Crippen molar-refractivity contribution in [2.75, 3.05) is 18.2 Å². The molecule has 0 aliphatic heterocycles. The fraction of sp³-hybridized carbons (Fsp3) is 0.643. The molecule has 1 N–H and O–H groups in total. The Morgan fingerprint density at radius 1 is 1.50 bits per heavy atom. The molecule has 1 aromatic heterocycles. The molecule has 0 aromatic carbocycles. The molecule has 3 nitrogen and oxygen atoms in total. The third kappa shape index (κ3) is 3.55. The van der Waals surface area contributed by atoms with Gasteiger partial charge in [0.05, 0.1) is 6.61 Å². The van der Waals surface area contributed by atoms with Crippen LogP contribution in [0.3, 0.4) is 0 Å². The molecule has 0 spiro atoms. The number of ether oxygens (including phenoxy) is 1. The number of nitrogens with zero attached hydrogens (tertiary/aromatic N) is 1. The Morgan fingerprint density at radius 3 is 3.17 bits per heavy atom. The Labute approximate surface area is 114 Å². The molecule has 1 aliphatic rings. The molecule has 2 rings (SSSR count). The summed E-state index contributed by atoms with van der Waals surface area (Å²) in [6, 6.07) is 4.43. The van der Waals surface area contributed by atoms with Crippen molar-refractivity contribution in [3.05, 3.63) is 18.3 Å².